The third-order valence-corrected chi connectivity index (χ3v) is 5.24. The Kier molecular flexibility index (Phi) is 8.44. The number of esters is 1. The minimum absolute atomic E-state index is 0.00987. The lowest BCUT2D eigenvalue weighted by Crippen LogP contribution is -2.17. The number of carbonyl (C=O) groups is 2. The van der Waals surface area contributed by atoms with Crippen LogP contribution in [0.3, 0.4) is 0 Å². The molecular weight excluding hydrogens is 374 g/mol. The Balaban J connectivity index is 1.86. The molecule has 0 radical (unpaired) electrons. The molecule has 6 nitrogen and oxygen atoms in total. The summed E-state index contributed by atoms with van der Waals surface area (Å²) in [5.74, 6) is -0.187. The van der Waals surface area contributed by atoms with E-state index < -0.39 is 0 Å². The number of hydrogen-bond donors (Lipinski definition) is 2. The number of rotatable bonds is 10. The molecule has 2 rings (SSSR count). The van der Waals surface area contributed by atoms with E-state index in [2.05, 4.69) is 22.3 Å². The van der Waals surface area contributed by atoms with Gasteiger partial charge in [0.25, 0.3) is 0 Å². The third kappa shape index (κ3) is 6.64. The van der Waals surface area contributed by atoms with Crippen molar-refractivity contribution in [1.82, 2.24) is 4.98 Å². The second-order valence-electron chi connectivity index (χ2n) is 6.96. The van der Waals surface area contributed by atoms with E-state index in [1.54, 1.807) is 11.3 Å². The summed E-state index contributed by atoms with van der Waals surface area (Å²) in [4.78, 5) is 28.7. The summed E-state index contributed by atoms with van der Waals surface area (Å²) in [6, 6.07) is 7.77. The van der Waals surface area contributed by atoms with Gasteiger partial charge in [-0.05, 0) is 31.9 Å². The van der Waals surface area contributed by atoms with Crippen LogP contribution in [-0.2, 0) is 14.3 Å². The van der Waals surface area contributed by atoms with Crippen LogP contribution < -0.4 is 10.6 Å². The van der Waals surface area contributed by atoms with Gasteiger partial charge < -0.3 is 15.4 Å². The number of thiazole rings is 1. The molecule has 2 aromatic rings. The summed E-state index contributed by atoms with van der Waals surface area (Å²) in [6.07, 6.45) is 3.28. The number of carbonyl (C=O) groups excluding carboxylic acids is 2. The van der Waals surface area contributed by atoms with Crippen molar-refractivity contribution >= 4 is 34.0 Å². The first-order chi connectivity index (χ1) is 13.4. The number of anilines is 2. The Morgan fingerprint density at radius 2 is 1.86 bits per heavy atom. The van der Waals surface area contributed by atoms with Crippen molar-refractivity contribution in [3.05, 3.63) is 29.1 Å². The van der Waals surface area contributed by atoms with Crippen molar-refractivity contribution in [1.29, 1.82) is 0 Å². The fraction of sp³-hybridized carbons (Fsp3) is 0.476. The molecule has 1 amide bonds. The van der Waals surface area contributed by atoms with E-state index in [1.807, 2.05) is 38.1 Å². The average molecular weight is 404 g/mol. The Morgan fingerprint density at radius 1 is 1.14 bits per heavy atom. The number of benzene rings is 1. The summed E-state index contributed by atoms with van der Waals surface area (Å²) in [7, 11) is 1.42. The van der Waals surface area contributed by atoms with Gasteiger partial charge in [-0.15, -0.1) is 11.3 Å². The molecule has 28 heavy (non-hydrogen) atoms. The van der Waals surface area contributed by atoms with Gasteiger partial charge in [0.15, 0.2) is 5.13 Å². The highest BCUT2D eigenvalue weighted by molar-refractivity contribution is 7.16. The largest absolute Gasteiger partial charge is 0.469 e. The molecule has 0 atom stereocenters. The van der Waals surface area contributed by atoms with Crippen molar-refractivity contribution in [3.63, 3.8) is 0 Å². The summed E-state index contributed by atoms with van der Waals surface area (Å²) in [5, 5.41) is 7.16. The van der Waals surface area contributed by atoms with Crippen molar-refractivity contribution in [3.8, 4) is 11.3 Å². The van der Waals surface area contributed by atoms with Crippen LogP contribution in [0.25, 0.3) is 11.3 Å². The van der Waals surface area contributed by atoms with E-state index in [0.29, 0.717) is 6.42 Å². The van der Waals surface area contributed by atoms with Crippen molar-refractivity contribution in [2.75, 3.05) is 24.3 Å². The number of hydrogen-bond acceptors (Lipinski definition) is 6. The molecule has 0 aliphatic carbocycles. The summed E-state index contributed by atoms with van der Waals surface area (Å²) in [5.41, 5.74) is 2.78. The molecule has 0 bridgehead atoms. The van der Waals surface area contributed by atoms with Crippen LogP contribution in [0, 0.1) is 12.8 Å². The molecule has 7 heteroatoms. The lowest BCUT2D eigenvalue weighted by Gasteiger charge is -2.08. The Morgan fingerprint density at radius 3 is 2.50 bits per heavy atom. The predicted octanol–water partition coefficient (Wildman–Crippen LogP) is 4.86. The maximum Gasteiger partial charge on any atom is 0.305 e. The van der Waals surface area contributed by atoms with Gasteiger partial charge in [0.1, 0.15) is 0 Å². The van der Waals surface area contributed by atoms with E-state index in [1.165, 1.54) is 7.11 Å². The van der Waals surface area contributed by atoms with Crippen LogP contribution >= 0.6 is 11.3 Å². The zero-order chi connectivity index (χ0) is 20.5. The molecule has 1 aromatic carbocycles. The Bertz CT molecular complexity index is 785. The predicted molar refractivity (Wildman–Crippen MR) is 115 cm³/mol. The molecule has 0 spiro atoms. The number of methoxy groups -OCH3 is 1. The summed E-state index contributed by atoms with van der Waals surface area (Å²) >= 11 is 1.63. The van der Waals surface area contributed by atoms with Gasteiger partial charge in [0.05, 0.1) is 12.8 Å². The van der Waals surface area contributed by atoms with Crippen LogP contribution in [0.15, 0.2) is 24.3 Å². The molecule has 2 N–H and O–H groups in total. The number of nitrogens with one attached hydrogen (secondary N) is 2. The normalized spacial score (nSPS) is 10.8. The number of amides is 1. The average Bonchev–Trinajstić information content (AvgIpc) is 3.05. The number of nitrogens with zero attached hydrogens (tertiary/aromatic N) is 1. The SMILES string of the molecule is COC(=O)CCCCCNc1nc(-c2ccc(NC(=O)C(C)C)cc2)c(C)s1. The second kappa shape index (κ2) is 10.8. The number of ether oxygens (including phenoxy) is 1. The molecule has 0 saturated heterocycles. The number of aryl methyl sites for hydroxylation is 1. The smallest absolute Gasteiger partial charge is 0.305 e. The summed E-state index contributed by atoms with van der Waals surface area (Å²) in [6.45, 7) is 6.63. The van der Waals surface area contributed by atoms with Crippen LogP contribution in [0.5, 0.6) is 0 Å². The minimum Gasteiger partial charge on any atom is -0.469 e. The highest BCUT2D eigenvalue weighted by Gasteiger charge is 2.11. The van der Waals surface area contributed by atoms with E-state index >= 15 is 0 Å². The zero-order valence-electron chi connectivity index (χ0n) is 17.0. The monoisotopic (exact) mass is 403 g/mol. The molecule has 0 unspecified atom stereocenters. The van der Waals surface area contributed by atoms with Gasteiger partial charge in [-0.25, -0.2) is 4.98 Å². The van der Waals surface area contributed by atoms with Crippen molar-refractivity contribution in [2.24, 2.45) is 5.92 Å². The number of aromatic nitrogens is 1. The van der Waals surface area contributed by atoms with E-state index in [-0.39, 0.29) is 17.8 Å². The van der Waals surface area contributed by atoms with Crippen LogP contribution in [0.2, 0.25) is 0 Å². The highest BCUT2D eigenvalue weighted by atomic mass is 32.1. The molecule has 0 aliphatic heterocycles. The van der Waals surface area contributed by atoms with Gasteiger partial charge in [0.2, 0.25) is 5.91 Å². The first-order valence-electron chi connectivity index (χ1n) is 9.60. The maximum atomic E-state index is 11.8. The fourth-order valence-corrected chi connectivity index (χ4v) is 3.47. The van der Waals surface area contributed by atoms with Gasteiger partial charge in [-0.3, -0.25) is 9.59 Å². The van der Waals surface area contributed by atoms with Gasteiger partial charge in [0, 0.05) is 35.0 Å². The highest BCUT2D eigenvalue weighted by Crippen LogP contribution is 2.31. The molecule has 0 fully saturated rings. The summed E-state index contributed by atoms with van der Waals surface area (Å²) < 4.78 is 4.64. The third-order valence-electron chi connectivity index (χ3n) is 4.31. The Labute approximate surface area is 170 Å². The van der Waals surface area contributed by atoms with Crippen LogP contribution in [0.4, 0.5) is 10.8 Å². The van der Waals surface area contributed by atoms with Crippen molar-refractivity contribution < 1.29 is 14.3 Å². The molecule has 0 aliphatic rings. The zero-order valence-corrected chi connectivity index (χ0v) is 17.8. The van der Waals surface area contributed by atoms with Crippen LogP contribution in [0.1, 0.15) is 44.4 Å². The quantitative estimate of drug-likeness (QED) is 0.437. The van der Waals surface area contributed by atoms with E-state index in [0.717, 1.165) is 52.8 Å². The van der Waals surface area contributed by atoms with E-state index in [9.17, 15) is 9.59 Å². The molecule has 1 aromatic heterocycles. The first kappa shape index (κ1) is 21.9. The Hall–Kier alpha value is -2.41. The van der Waals surface area contributed by atoms with Crippen LogP contribution in [-0.4, -0.2) is 30.5 Å². The molecule has 0 saturated carbocycles. The lowest BCUT2D eigenvalue weighted by molar-refractivity contribution is -0.140. The van der Waals surface area contributed by atoms with Gasteiger partial charge in [-0.2, -0.15) is 0 Å². The molecule has 152 valence electrons. The topological polar surface area (TPSA) is 80.3 Å². The van der Waals surface area contributed by atoms with Gasteiger partial charge in [-0.1, -0.05) is 32.4 Å². The lowest BCUT2D eigenvalue weighted by atomic mass is 10.1. The minimum atomic E-state index is -0.150. The number of unbranched alkanes of at least 4 members (excludes halogenated alkanes) is 2. The molecular formula is C21H29N3O3S. The maximum absolute atomic E-state index is 11.8. The fourth-order valence-electron chi connectivity index (χ4n) is 2.61. The standard InChI is InChI=1S/C21H29N3O3S/c1-14(2)20(26)23-17-11-9-16(10-12-17)19-15(3)28-21(24-19)22-13-7-5-6-8-18(25)27-4/h9-12,14H,5-8,13H2,1-4H3,(H,22,24)(H,23,26). The van der Waals surface area contributed by atoms with E-state index in [4.69, 9.17) is 4.98 Å². The van der Waals surface area contributed by atoms with Crippen molar-refractivity contribution in [2.45, 2.75) is 46.5 Å². The van der Waals surface area contributed by atoms with Gasteiger partial charge >= 0.3 is 5.97 Å². The molecule has 1 heterocycles. The first-order valence-corrected chi connectivity index (χ1v) is 10.4. The second-order valence-corrected chi connectivity index (χ2v) is 8.16.